The minimum Gasteiger partial charge on any atom is -0.454 e. The van der Waals surface area contributed by atoms with Crippen molar-refractivity contribution < 1.29 is 14.0 Å². The molecule has 0 spiro atoms. The van der Waals surface area contributed by atoms with Crippen LogP contribution in [0.5, 0.6) is 11.5 Å². The number of benzene rings is 1. The van der Waals surface area contributed by atoms with Crippen LogP contribution in [0, 0.1) is 0 Å². The highest BCUT2D eigenvalue weighted by Crippen LogP contribution is 2.36. The Kier molecular flexibility index (Phi) is 3.29. The summed E-state index contributed by atoms with van der Waals surface area (Å²) >= 11 is 0. The van der Waals surface area contributed by atoms with Gasteiger partial charge in [-0.1, -0.05) is 11.2 Å². The van der Waals surface area contributed by atoms with Crippen molar-refractivity contribution in [2.45, 2.75) is 43.7 Å². The first-order valence-corrected chi connectivity index (χ1v) is 8.51. The van der Waals surface area contributed by atoms with Crippen LogP contribution in [0.15, 0.2) is 22.7 Å². The number of rotatable bonds is 3. The van der Waals surface area contributed by atoms with Crippen LogP contribution in [0.1, 0.15) is 48.9 Å². The zero-order chi connectivity index (χ0) is 15.9. The summed E-state index contributed by atoms with van der Waals surface area (Å²) in [6, 6.07) is 7.08. The standard InChI is InChI=1S/C18H19N3O3/c1-5-15-16(23-10-22-15)7-11(1)2-6-17-20-18(21-24-17)12-8-13-3-4-14(9-12)19-13/h1-2,5-7,12-14,19H,3-4,8-10H2/b6-2+. The maximum absolute atomic E-state index is 5.40. The molecular weight excluding hydrogens is 306 g/mol. The van der Waals surface area contributed by atoms with E-state index in [2.05, 4.69) is 15.5 Å². The van der Waals surface area contributed by atoms with Crippen LogP contribution in [0.4, 0.5) is 0 Å². The molecule has 2 fully saturated rings. The first-order valence-electron chi connectivity index (χ1n) is 8.51. The third-order valence-corrected chi connectivity index (χ3v) is 5.11. The van der Waals surface area contributed by atoms with E-state index in [0.717, 1.165) is 35.7 Å². The van der Waals surface area contributed by atoms with Crippen molar-refractivity contribution in [3.63, 3.8) is 0 Å². The van der Waals surface area contributed by atoms with Gasteiger partial charge in [-0.05, 0) is 49.5 Å². The molecule has 6 nitrogen and oxygen atoms in total. The molecule has 2 unspecified atom stereocenters. The van der Waals surface area contributed by atoms with Crippen molar-refractivity contribution >= 4 is 12.2 Å². The number of nitrogens with zero attached hydrogens (tertiary/aromatic N) is 2. The third kappa shape index (κ3) is 2.57. The number of fused-ring (bicyclic) bond motifs is 3. The second-order valence-corrected chi connectivity index (χ2v) is 6.74. The molecule has 1 aromatic heterocycles. The lowest BCUT2D eigenvalue weighted by atomic mass is 9.92. The van der Waals surface area contributed by atoms with Crippen molar-refractivity contribution in [2.75, 3.05) is 6.79 Å². The zero-order valence-electron chi connectivity index (χ0n) is 13.3. The van der Waals surface area contributed by atoms with Gasteiger partial charge in [-0.15, -0.1) is 0 Å². The topological polar surface area (TPSA) is 69.4 Å². The lowest BCUT2D eigenvalue weighted by molar-refractivity contribution is 0.174. The monoisotopic (exact) mass is 325 g/mol. The second kappa shape index (κ2) is 5.63. The van der Waals surface area contributed by atoms with Gasteiger partial charge in [0.15, 0.2) is 17.3 Å². The quantitative estimate of drug-likeness (QED) is 0.935. The maximum Gasteiger partial charge on any atom is 0.250 e. The van der Waals surface area contributed by atoms with Gasteiger partial charge in [0.25, 0.3) is 5.89 Å². The summed E-state index contributed by atoms with van der Waals surface area (Å²) in [4.78, 5) is 4.57. The second-order valence-electron chi connectivity index (χ2n) is 6.74. The van der Waals surface area contributed by atoms with Crippen LogP contribution >= 0.6 is 0 Å². The number of ether oxygens (including phenoxy) is 2. The SMILES string of the molecule is C(=C\c1nc(C2CC3CCC(C2)N3)no1)/c1ccc2c(c1)OCO2. The summed E-state index contributed by atoms with van der Waals surface area (Å²) in [5.74, 6) is 3.37. The minimum absolute atomic E-state index is 0.285. The largest absolute Gasteiger partial charge is 0.454 e. The van der Waals surface area contributed by atoms with Crippen molar-refractivity contribution in [2.24, 2.45) is 0 Å². The van der Waals surface area contributed by atoms with E-state index in [1.165, 1.54) is 12.8 Å². The van der Waals surface area contributed by atoms with Crippen LogP contribution < -0.4 is 14.8 Å². The molecule has 0 aliphatic carbocycles. The molecule has 3 aliphatic rings. The van der Waals surface area contributed by atoms with Gasteiger partial charge in [0.2, 0.25) is 6.79 Å². The molecule has 1 aromatic carbocycles. The molecule has 4 heterocycles. The first-order chi connectivity index (χ1) is 11.8. The van der Waals surface area contributed by atoms with Crippen LogP contribution in [-0.4, -0.2) is 29.0 Å². The van der Waals surface area contributed by atoms with Gasteiger partial charge in [-0.3, -0.25) is 0 Å². The normalized spacial score (nSPS) is 27.9. The van der Waals surface area contributed by atoms with Gasteiger partial charge in [-0.2, -0.15) is 4.98 Å². The average Bonchev–Trinajstić information content (AvgIpc) is 3.32. The van der Waals surface area contributed by atoms with E-state index in [1.807, 2.05) is 30.4 Å². The molecule has 2 bridgehead atoms. The van der Waals surface area contributed by atoms with Crippen LogP contribution in [0.2, 0.25) is 0 Å². The Morgan fingerprint density at radius 1 is 1.04 bits per heavy atom. The fourth-order valence-corrected chi connectivity index (χ4v) is 3.93. The molecule has 1 N–H and O–H groups in total. The van der Waals surface area contributed by atoms with E-state index in [9.17, 15) is 0 Å². The van der Waals surface area contributed by atoms with E-state index in [0.29, 0.717) is 23.9 Å². The highest BCUT2D eigenvalue weighted by Gasteiger charge is 2.35. The van der Waals surface area contributed by atoms with Crippen LogP contribution in [-0.2, 0) is 0 Å². The molecule has 2 aromatic rings. The maximum atomic E-state index is 5.40. The summed E-state index contributed by atoms with van der Waals surface area (Å²) in [5, 5.41) is 7.84. The Morgan fingerprint density at radius 2 is 1.88 bits per heavy atom. The van der Waals surface area contributed by atoms with Gasteiger partial charge in [0.1, 0.15) is 0 Å². The molecular formula is C18H19N3O3. The molecule has 2 saturated heterocycles. The summed E-state index contributed by atoms with van der Waals surface area (Å²) in [6.07, 6.45) is 8.57. The van der Waals surface area contributed by atoms with Crippen molar-refractivity contribution in [1.29, 1.82) is 0 Å². The van der Waals surface area contributed by atoms with Crippen LogP contribution in [0.25, 0.3) is 12.2 Å². The average molecular weight is 325 g/mol. The molecule has 3 aliphatic heterocycles. The van der Waals surface area contributed by atoms with E-state index >= 15 is 0 Å². The minimum atomic E-state index is 0.285. The van der Waals surface area contributed by atoms with E-state index in [-0.39, 0.29) is 6.79 Å². The van der Waals surface area contributed by atoms with Gasteiger partial charge in [-0.25, -0.2) is 0 Å². The van der Waals surface area contributed by atoms with Crippen molar-refractivity contribution in [1.82, 2.24) is 15.5 Å². The highest BCUT2D eigenvalue weighted by molar-refractivity contribution is 5.68. The Labute approximate surface area is 139 Å². The summed E-state index contributed by atoms with van der Waals surface area (Å²) < 4.78 is 16.1. The highest BCUT2D eigenvalue weighted by atomic mass is 16.7. The zero-order valence-corrected chi connectivity index (χ0v) is 13.3. The fraction of sp³-hybridized carbons (Fsp3) is 0.444. The Balaban J connectivity index is 1.31. The molecule has 0 radical (unpaired) electrons. The van der Waals surface area contributed by atoms with Gasteiger partial charge in [0.05, 0.1) is 0 Å². The molecule has 0 amide bonds. The van der Waals surface area contributed by atoms with Crippen molar-refractivity contribution in [3.05, 3.63) is 35.5 Å². The molecule has 0 saturated carbocycles. The lowest BCUT2D eigenvalue weighted by Crippen LogP contribution is -2.37. The number of aromatic nitrogens is 2. The Hall–Kier alpha value is -2.34. The smallest absolute Gasteiger partial charge is 0.250 e. The number of nitrogens with one attached hydrogen (secondary N) is 1. The Bertz CT molecular complexity index is 774. The fourth-order valence-electron chi connectivity index (χ4n) is 3.93. The molecule has 5 rings (SSSR count). The van der Waals surface area contributed by atoms with E-state index in [4.69, 9.17) is 14.0 Å². The molecule has 24 heavy (non-hydrogen) atoms. The summed E-state index contributed by atoms with van der Waals surface area (Å²) in [5.41, 5.74) is 1.01. The number of hydrogen-bond acceptors (Lipinski definition) is 6. The van der Waals surface area contributed by atoms with E-state index < -0.39 is 0 Å². The summed E-state index contributed by atoms with van der Waals surface area (Å²) in [6.45, 7) is 0.285. The van der Waals surface area contributed by atoms with Gasteiger partial charge < -0.3 is 19.3 Å². The molecule has 6 heteroatoms. The summed E-state index contributed by atoms with van der Waals surface area (Å²) in [7, 11) is 0. The molecule has 2 atom stereocenters. The first kappa shape index (κ1) is 14.0. The number of piperidine rings is 1. The number of hydrogen-bond donors (Lipinski definition) is 1. The molecule has 124 valence electrons. The van der Waals surface area contributed by atoms with Crippen molar-refractivity contribution in [3.8, 4) is 11.5 Å². The lowest BCUT2D eigenvalue weighted by Gasteiger charge is -2.26. The van der Waals surface area contributed by atoms with Gasteiger partial charge >= 0.3 is 0 Å². The predicted molar refractivity (Wildman–Crippen MR) is 87.7 cm³/mol. The van der Waals surface area contributed by atoms with E-state index in [1.54, 1.807) is 0 Å². The predicted octanol–water partition coefficient (Wildman–Crippen LogP) is 2.97. The van der Waals surface area contributed by atoms with Gasteiger partial charge in [0, 0.05) is 24.1 Å². The third-order valence-electron chi connectivity index (χ3n) is 5.11. The Morgan fingerprint density at radius 3 is 2.75 bits per heavy atom. The van der Waals surface area contributed by atoms with Crippen LogP contribution in [0.3, 0.4) is 0 Å².